The maximum Gasteiger partial charge on any atom is 0.127 e. The number of nitrogens with zero attached hydrogens (tertiary/aromatic N) is 1. The Hall–Kier alpha value is -0.370. The first-order chi connectivity index (χ1) is 8.21. The predicted molar refractivity (Wildman–Crippen MR) is 68.8 cm³/mol. The topological polar surface area (TPSA) is 20.3 Å². The van der Waals surface area contributed by atoms with Gasteiger partial charge in [-0.05, 0) is 56.8 Å². The Kier molecular flexibility index (Phi) is 3.02. The maximum atomic E-state index is 11.6. The summed E-state index contributed by atoms with van der Waals surface area (Å²) in [5.74, 6) is 1.78. The molecule has 1 aliphatic heterocycles. The number of piperidine rings is 1. The zero-order valence-corrected chi connectivity index (χ0v) is 11.0. The van der Waals surface area contributed by atoms with Gasteiger partial charge < -0.3 is 4.79 Å². The van der Waals surface area contributed by atoms with Gasteiger partial charge in [0.15, 0.2) is 0 Å². The molecule has 0 amide bonds. The lowest BCUT2D eigenvalue weighted by molar-refractivity contribution is -0.120. The van der Waals surface area contributed by atoms with E-state index >= 15 is 0 Å². The second-order valence-electron chi connectivity index (χ2n) is 6.93. The molecule has 96 valence electrons. The third-order valence-corrected chi connectivity index (χ3v) is 5.56. The molecule has 2 heteroatoms. The number of rotatable bonds is 3. The highest BCUT2D eigenvalue weighted by atomic mass is 16.1. The van der Waals surface area contributed by atoms with Crippen LogP contribution in [0.2, 0.25) is 0 Å². The smallest absolute Gasteiger partial charge is 0.127 e. The van der Waals surface area contributed by atoms with Crippen LogP contribution in [0.25, 0.3) is 0 Å². The van der Waals surface area contributed by atoms with Gasteiger partial charge in [0.2, 0.25) is 0 Å². The van der Waals surface area contributed by atoms with E-state index in [0.717, 1.165) is 37.3 Å². The Morgan fingerprint density at radius 3 is 2.53 bits per heavy atom. The fourth-order valence-electron chi connectivity index (χ4n) is 4.28. The van der Waals surface area contributed by atoms with Crippen LogP contribution in [0.15, 0.2) is 0 Å². The molecule has 0 aromatic carbocycles. The van der Waals surface area contributed by atoms with E-state index in [1.807, 2.05) is 0 Å². The zero-order valence-electron chi connectivity index (χ0n) is 11.0. The van der Waals surface area contributed by atoms with Crippen LogP contribution >= 0.6 is 0 Å². The van der Waals surface area contributed by atoms with Crippen LogP contribution in [0.5, 0.6) is 0 Å². The molecule has 17 heavy (non-hydrogen) atoms. The van der Waals surface area contributed by atoms with Crippen LogP contribution in [0.3, 0.4) is 0 Å². The zero-order chi connectivity index (χ0) is 11.9. The number of fused-ring (bicyclic) bond motifs is 2. The molecule has 2 nitrogen and oxygen atoms in total. The fourth-order valence-corrected chi connectivity index (χ4v) is 4.28. The van der Waals surface area contributed by atoms with Crippen molar-refractivity contribution in [3.63, 3.8) is 0 Å². The van der Waals surface area contributed by atoms with E-state index in [1.165, 1.54) is 44.9 Å². The van der Waals surface area contributed by atoms with Gasteiger partial charge in [-0.25, -0.2) is 0 Å². The lowest BCUT2D eigenvalue weighted by atomic mass is 9.71. The Morgan fingerprint density at radius 1 is 1.24 bits per heavy atom. The van der Waals surface area contributed by atoms with Gasteiger partial charge in [-0.3, -0.25) is 4.90 Å². The van der Waals surface area contributed by atoms with Crippen molar-refractivity contribution in [2.45, 2.75) is 57.9 Å². The van der Waals surface area contributed by atoms with Crippen LogP contribution in [-0.2, 0) is 4.79 Å². The van der Waals surface area contributed by atoms with E-state index < -0.39 is 0 Å². The van der Waals surface area contributed by atoms with Gasteiger partial charge in [0.25, 0.3) is 0 Å². The van der Waals surface area contributed by atoms with Crippen LogP contribution in [0, 0.1) is 17.3 Å². The van der Waals surface area contributed by atoms with Gasteiger partial charge in [0.1, 0.15) is 6.29 Å². The monoisotopic (exact) mass is 235 g/mol. The molecule has 2 saturated carbocycles. The van der Waals surface area contributed by atoms with E-state index in [9.17, 15) is 4.79 Å². The minimum atomic E-state index is 0.0109. The molecule has 3 aliphatic rings. The summed E-state index contributed by atoms with van der Waals surface area (Å²) in [6, 6.07) is 0.816. The number of carbonyl (C=O) groups excluding carboxylic acids is 1. The molecule has 0 spiro atoms. The number of hydrogen-bond acceptors (Lipinski definition) is 2. The average molecular weight is 235 g/mol. The second-order valence-corrected chi connectivity index (χ2v) is 6.93. The Balaban J connectivity index is 1.64. The largest absolute Gasteiger partial charge is 0.303 e. The summed E-state index contributed by atoms with van der Waals surface area (Å²) < 4.78 is 0. The third-order valence-electron chi connectivity index (χ3n) is 5.56. The molecule has 3 fully saturated rings. The Morgan fingerprint density at radius 2 is 2.00 bits per heavy atom. The molecule has 1 saturated heterocycles. The van der Waals surface area contributed by atoms with Crippen molar-refractivity contribution in [2.75, 3.05) is 13.1 Å². The van der Waals surface area contributed by atoms with Crippen LogP contribution < -0.4 is 0 Å². The van der Waals surface area contributed by atoms with Crippen LogP contribution in [-0.4, -0.2) is 30.3 Å². The van der Waals surface area contributed by atoms with E-state index in [-0.39, 0.29) is 5.41 Å². The summed E-state index contributed by atoms with van der Waals surface area (Å²) in [5.41, 5.74) is 0.0109. The first kappa shape index (κ1) is 11.7. The van der Waals surface area contributed by atoms with Crippen molar-refractivity contribution in [1.29, 1.82) is 0 Å². The molecule has 0 aromatic heterocycles. The van der Waals surface area contributed by atoms with Crippen molar-refractivity contribution in [2.24, 2.45) is 17.3 Å². The predicted octanol–water partition coefficient (Wildman–Crippen LogP) is 2.87. The molecule has 0 aromatic rings. The summed E-state index contributed by atoms with van der Waals surface area (Å²) in [4.78, 5) is 14.2. The maximum absolute atomic E-state index is 11.6. The minimum Gasteiger partial charge on any atom is -0.303 e. The molecule has 3 rings (SSSR count). The number of likely N-dealkylation sites (tertiary alicyclic amines) is 1. The van der Waals surface area contributed by atoms with Crippen molar-refractivity contribution < 1.29 is 4.79 Å². The summed E-state index contributed by atoms with van der Waals surface area (Å²) in [7, 11) is 0. The van der Waals surface area contributed by atoms with Crippen LogP contribution in [0.1, 0.15) is 51.9 Å². The highest BCUT2D eigenvalue weighted by Crippen LogP contribution is 2.43. The molecule has 2 unspecified atom stereocenters. The van der Waals surface area contributed by atoms with Gasteiger partial charge >= 0.3 is 0 Å². The van der Waals surface area contributed by atoms with Crippen molar-refractivity contribution in [1.82, 2.24) is 4.90 Å². The molecule has 0 N–H and O–H groups in total. The minimum absolute atomic E-state index is 0.0109. The lowest BCUT2D eigenvalue weighted by Crippen LogP contribution is -2.44. The van der Waals surface area contributed by atoms with Gasteiger partial charge in [-0.2, -0.15) is 0 Å². The first-order valence-electron chi connectivity index (χ1n) is 7.41. The third kappa shape index (κ3) is 2.16. The van der Waals surface area contributed by atoms with Gasteiger partial charge in [-0.1, -0.05) is 6.92 Å². The fraction of sp³-hybridized carbons (Fsp3) is 0.933. The molecular formula is C15H25NO. The summed E-state index contributed by atoms with van der Waals surface area (Å²) in [6.45, 7) is 4.66. The second kappa shape index (κ2) is 4.38. The molecular weight excluding hydrogens is 210 g/mol. The van der Waals surface area contributed by atoms with Gasteiger partial charge in [0, 0.05) is 24.5 Å². The summed E-state index contributed by atoms with van der Waals surface area (Å²) in [6.07, 6.45) is 10.3. The first-order valence-corrected chi connectivity index (χ1v) is 7.41. The summed E-state index contributed by atoms with van der Waals surface area (Å²) in [5, 5.41) is 0. The normalized spacial score (nSPS) is 46.3. The standard InChI is InChI=1S/C15H25NO/c1-12-4-6-15(11-17,7-5-12)10-16-9-13-2-3-14(16)8-13/h11-14H,2-10H2,1H3. The van der Waals surface area contributed by atoms with Crippen molar-refractivity contribution in [3.05, 3.63) is 0 Å². The average Bonchev–Trinajstić information content (AvgIpc) is 2.94. The van der Waals surface area contributed by atoms with Crippen molar-refractivity contribution >= 4 is 6.29 Å². The van der Waals surface area contributed by atoms with E-state index in [2.05, 4.69) is 11.8 Å². The number of carbonyl (C=O) groups is 1. The van der Waals surface area contributed by atoms with E-state index in [1.54, 1.807) is 0 Å². The van der Waals surface area contributed by atoms with Crippen LogP contribution in [0.4, 0.5) is 0 Å². The number of aldehydes is 1. The molecule has 2 atom stereocenters. The molecule has 2 aliphatic carbocycles. The highest BCUT2D eigenvalue weighted by molar-refractivity contribution is 5.60. The Bertz CT molecular complexity index is 293. The van der Waals surface area contributed by atoms with E-state index in [4.69, 9.17) is 0 Å². The van der Waals surface area contributed by atoms with Gasteiger partial charge in [-0.15, -0.1) is 0 Å². The SMILES string of the molecule is CC1CCC(C=O)(CN2CC3CCC2C3)CC1. The van der Waals surface area contributed by atoms with E-state index in [0.29, 0.717) is 0 Å². The lowest BCUT2D eigenvalue weighted by Gasteiger charge is -2.40. The molecule has 2 bridgehead atoms. The Labute approximate surface area is 105 Å². The number of hydrogen-bond donors (Lipinski definition) is 0. The van der Waals surface area contributed by atoms with Crippen molar-refractivity contribution in [3.8, 4) is 0 Å². The molecule has 1 heterocycles. The van der Waals surface area contributed by atoms with Gasteiger partial charge in [0.05, 0.1) is 0 Å². The quantitative estimate of drug-likeness (QED) is 0.701. The molecule has 0 radical (unpaired) electrons. The summed E-state index contributed by atoms with van der Waals surface area (Å²) >= 11 is 0. The highest BCUT2D eigenvalue weighted by Gasteiger charge is 2.43.